The Kier molecular flexibility index (Phi) is 5.43. The molecule has 0 spiro atoms. The van der Waals surface area contributed by atoms with Crippen molar-refractivity contribution in [2.45, 2.75) is 6.18 Å². The minimum absolute atomic E-state index is 0.0314. The van der Waals surface area contributed by atoms with Gasteiger partial charge in [0.1, 0.15) is 0 Å². The number of nitrogens with zero attached hydrogens (tertiary/aromatic N) is 2. The predicted octanol–water partition coefficient (Wildman–Crippen LogP) is 5.16. The molecule has 0 aromatic heterocycles. The largest absolute Gasteiger partial charge is 0.417 e. The van der Waals surface area contributed by atoms with Gasteiger partial charge >= 0.3 is 6.18 Å². The number of nitro benzene ring substituents is 1. The lowest BCUT2D eigenvalue weighted by atomic mass is 10.2. The fraction of sp³-hybridized carbons (Fsp3) is 0.0588. The maximum absolute atomic E-state index is 12.9. The van der Waals surface area contributed by atoms with Gasteiger partial charge in [0, 0.05) is 12.1 Å². The molecule has 0 aliphatic carbocycles. The number of thioether (sulfide) groups is 1. The Morgan fingerprint density at radius 2 is 1.96 bits per heavy atom. The van der Waals surface area contributed by atoms with Crippen LogP contribution in [-0.2, 0) is 11.0 Å². The molecule has 1 N–H and O–H groups in total. The predicted molar refractivity (Wildman–Crippen MR) is 100 cm³/mol. The molecule has 0 saturated carbocycles. The lowest BCUT2D eigenvalue weighted by Crippen LogP contribution is -2.19. The van der Waals surface area contributed by atoms with Crippen molar-refractivity contribution in [2.75, 3.05) is 0 Å². The van der Waals surface area contributed by atoms with Crippen molar-refractivity contribution in [1.29, 1.82) is 0 Å². The van der Waals surface area contributed by atoms with E-state index in [1.54, 1.807) is 6.07 Å². The van der Waals surface area contributed by atoms with E-state index in [1.165, 1.54) is 30.3 Å². The van der Waals surface area contributed by atoms with E-state index in [1.807, 2.05) is 0 Å². The van der Waals surface area contributed by atoms with E-state index in [4.69, 9.17) is 11.6 Å². The number of non-ortho nitro benzene ring substituents is 1. The summed E-state index contributed by atoms with van der Waals surface area (Å²) in [6.07, 6.45) is -3.20. The van der Waals surface area contributed by atoms with Crippen LogP contribution in [0.4, 0.5) is 24.5 Å². The van der Waals surface area contributed by atoms with Crippen molar-refractivity contribution in [3.05, 3.63) is 73.6 Å². The number of halogens is 4. The second-order valence-corrected chi connectivity index (χ2v) is 6.93. The van der Waals surface area contributed by atoms with Crippen LogP contribution in [-0.4, -0.2) is 16.0 Å². The summed E-state index contributed by atoms with van der Waals surface area (Å²) >= 11 is 6.48. The molecule has 1 saturated heterocycles. The second-order valence-electron chi connectivity index (χ2n) is 5.50. The minimum Gasteiger partial charge on any atom is -0.300 e. The van der Waals surface area contributed by atoms with Gasteiger partial charge in [-0.2, -0.15) is 13.2 Å². The van der Waals surface area contributed by atoms with Gasteiger partial charge in [0.05, 0.1) is 26.1 Å². The highest BCUT2D eigenvalue weighted by Crippen LogP contribution is 2.37. The van der Waals surface area contributed by atoms with E-state index >= 15 is 0 Å². The molecule has 11 heteroatoms. The van der Waals surface area contributed by atoms with Crippen LogP contribution >= 0.6 is 23.4 Å². The number of carbonyl (C=O) groups is 1. The molecule has 1 heterocycles. The van der Waals surface area contributed by atoms with Gasteiger partial charge in [-0.3, -0.25) is 14.9 Å². The number of carbonyl (C=O) groups excluding carboxylic acids is 1. The lowest BCUT2D eigenvalue weighted by Gasteiger charge is -2.09. The summed E-state index contributed by atoms with van der Waals surface area (Å²) in [4.78, 5) is 26.5. The zero-order valence-corrected chi connectivity index (χ0v) is 15.2. The van der Waals surface area contributed by atoms with Crippen LogP contribution in [0.3, 0.4) is 0 Å². The summed E-state index contributed by atoms with van der Waals surface area (Å²) in [5.41, 5.74) is -0.764. The highest BCUT2D eigenvalue weighted by Gasteiger charge is 2.33. The summed E-state index contributed by atoms with van der Waals surface area (Å²) in [6.45, 7) is 0. The minimum atomic E-state index is -4.63. The van der Waals surface area contributed by atoms with Crippen molar-refractivity contribution in [3.63, 3.8) is 0 Å². The quantitative estimate of drug-likeness (QED) is 0.416. The summed E-state index contributed by atoms with van der Waals surface area (Å²) in [5, 5.41) is 12.9. The second kappa shape index (κ2) is 7.64. The van der Waals surface area contributed by atoms with E-state index in [-0.39, 0.29) is 21.4 Å². The molecule has 144 valence electrons. The number of rotatable bonds is 3. The molecule has 6 nitrogen and oxygen atoms in total. The maximum Gasteiger partial charge on any atom is 0.417 e. The van der Waals surface area contributed by atoms with E-state index in [9.17, 15) is 28.1 Å². The first-order chi connectivity index (χ1) is 13.1. The van der Waals surface area contributed by atoms with Crippen LogP contribution in [0.25, 0.3) is 6.08 Å². The molecule has 2 aromatic carbocycles. The number of amidine groups is 1. The van der Waals surface area contributed by atoms with E-state index in [2.05, 4.69) is 10.3 Å². The van der Waals surface area contributed by atoms with Crippen molar-refractivity contribution >= 4 is 51.9 Å². The van der Waals surface area contributed by atoms with Crippen LogP contribution in [0.15, 0.2) is 52.4 Å². The average Bonchev–Trinajstić information content (AvgIpc) is 2.95. The first-order valence-electron chi connectivity index (χ1n) is 7.54. The fourth-order valence-corrected chi connectivity index (χ4v) is 3.34. The van der Waals surface area contributed by atoms with Gasteiger partial charge in [0.15, 0.2) is 5.17 Å². The molecule has 0 atom stereocenters. The van der Waals surface area contributed by atoms with Crippen LogP contribution in [0.5, 0.6) is 0 Å². The number of nitrogens with one attached hydrogen (secondary N) is 1. The third-order valence-electron chi connectivity index (χ3n) is 3.52. The molecule has 2 aromatic rings. The Bertz CT molecular complexity index is 1040. The normalized spacial score (nSPS) is 17.2. The molecule has 1 aliphatic rings. The molecule has 0 unspecified atom stereocenters. The molecule has 0 bridgehead atoms. The zero-order valence-electron chi connectivity index (χ0n) is 13.7. The maximum atomic E-state index is 12.9. The molecular weight excluding hydrogens is 419 g/mol. The van der Waals surface area contributed by atoms with Crippen molar-refractivity contribution in [1.82, 2.24) is 5.32 Å². The number of alkyl halides is 3. The first kappa shape index (κ1) is 19.9. The van der Waals surface area contributed by atoms with Crippen molar-refractivity contribution < 1.29 is 22.9 Å². The Morgan fingerprint density at radius 1 is 1.21 bits per heavy atom. The van der Waals surface area contributed by atoms with E-state index in [0.29, 0.717) is 5.56 Å². The van der Waals surface area contributed by atoms with E-state index in [0.717, 1.165) is 23.9 Å². The summed E-state index contributed by atoms with van der Waals surface area (Å²) < 4.78 is 38.8. The molecule has 28 heavy (non-hydrogen) atoms. The molecule has 1 amide bonds. The molecule has 0 radical (unpaired) electrons. The third-order valence-corrected chi connectivity index (χ3v) is 4.76. The molecule has 1 fully saturated rings. The van der Waals surface area contributed by atoms with Gasteiger partial charge in [-0.25, -0.2) is 4.99 Å². The molecular formula is C17H9ClF3N3O3S. The number of hydrogen-bond donors (Lipinski definition) is 1. The van der Waals surface area contributed by atoms with Crippen LogP contribution in [0, 0.1) is 10.1 Å². The first-order valence-corrected chi connectivity index (χ1v) is 8.74. The smallest absolute Gasteiger partial charge is 0.300 e. The van der Waals surface area contributed by atoms with Gasteiger partial charge in [0.2, 0.25) is 0 Å². The average molecular weight is 428 g/mol. The molecule has 1 aliphatic heterocycles. The number of amides is 1. The Morgan fingerprint density at radius 3 is 2.64 bits per heavy atom. The van der Waals surface area contributed by atoms with Crippen molar-refractivity contribution in [3.8, 4) is 0 Å². The highest BCUT2D eigenvalue weighted by atomic mass is 35.5. The highest BCUT2D eigenvalue weighted by molar-refractivity contribution is 8.18. The number of aliphatic imine (C=N–C) groups is 1. The number of benzene rings is 2. The van der Waals surface area contributed by atoms with Gasteiger partial charge < -0.3 is 5.32 Å². The SMILES string of the molecule is O=C1NC(=Nc2ccc(Cl)c(C(F)(F)F)c2)SC1=Cc1cccc([N+](=O)[O-])c1. The van der Waals surface area contributed by atoms with Crippen LogP contribution < -0.4 is 5.32 Å². The number of nitro groups is 1. The zero-order chi connectivity index (χ0) is 20.5. The third kappa shape index (κ3) is 4.52. The van der Waals surface area contributed by atoms with Gasteiger partial charge in [0.25, 0.3) is 11.6 Å². The Hall–Kier alpha value is -2.85. The summed E-state index contributed by atoms with van der Waals surface area (Å²) in [7, 11) is 0. The lowest BCUT2D eigenvalue weighted by molar-refractivity contribution is -0.384. The summed E-state index contributed by atoms with van der Waals surface area (Å²) in [6, 6.07) is 8.82. The van der Waals surface area contributed by atoms with Crippen LogP contribution in [0.1, 0.15) is 11.1 Å². The van der Waals surface area contributed by atoms with Gasteiger partial charge in [-0.15, -0.1) is 0 Å². The Labute approximate surface area is 165 Å². The van der Waals surface area contributed by atoms with Crippen molar-refractivity contribution in [2.24, 2.45) is 4.99 Å². The van der Waals surface area contributed by atoms with Crippen LogP contribution in [0.2, 0.25) is 5.02 Å². The van der Waals surface area contributed by atoms with E-state index < -0.39 is 27.6 Å². The van der Waals surface area contributed by atoms with Gasteiger partial charge in [-0.1, -0.05) is 23.7 Å². The standard InChI is InChI=1S/C17H9ClF3N3O3S/c18-13-5-4-10(8-12(13)17(19,20)21)22-16-23-15(25)14(28-16)7-9-2-1-3-11(6-9)24(26)27/h1-8H,(H,22,23,25). The molecule has 3 rings (SSSR count). The fourth-order valence-electron chi connectivity index (χ4n) is 2.28. The Balaban J connectivity index is 1.87. The number of hydrogen-bond acceptors (Lipinski definition) is 5. The summed E-state index contributed by atoms with van der Waals surface area (Å²) in [5.74, 6) is -0.514. The monoisotopic (exact) mass is 427 g/mol. The van der Waals surface area contributed by atoms with Gasteiger partial charge in [-0.05, 0) is 41.6 Å². The topological polar surface area (TPSA) is 84.6 Å².